The van der Waals surface area contributed by atoms with Crippen molar-refractivity contribution in [2.75, 3.05) is 6.54 Å². The standard InChI is InChI=1S/C15H23N3O/c1-4-7-16-14(13-6-10-19-12(13)3)11-15-17-8-9-18(15)5-2/h6,8-10,14,16H,4-5,7,11H2,1-3H3. The highest BCUT2D eigenvalue weighted by molar-refractivity contribution is 5.21. The normalized spacial score (nSPS) is 12.8. The van der Waals surface area contributed by atoms with Gasteiger partial charge in [-0.25, -0.2) is 4.98 Å². The first-order valence-electron chi connectivity index (χ1n) is 7.03. The van der Waals surface area contributed by atoms with Gasteiger partial charge in [0.2, 0.25) is 0 Å². The Balaban J connectivity index is 2.17. The van der Waals surface area contributed by atoms with Gasteiger partial charge in [0.25, 0.3) is 0 Å². The predicted molar refractivity (Wildman–Crippen MR) is 76.1 cm³/mol. The van der Waals surface area contributed by atoms with E-state index in [0.29, 0.717) is 0 Å². The summed E-state index contributed by atoms with van der Waals surface area (Å²) in [6.07, 6.45) is 7.68. The van der Waals surface area contributed by atoms with Gasteiger partial charge < -0.3 is 14.3 Å². The van der Waals surface area contributed by atoms with Crippen LogP contribution in [-0.2, 0) is 13.0 Å². The maximum absolute atomic E-state index is 5.43. The van der Waals surface area contributed by atoms with E-state index in [0.717, 1.165) is 37.5 Å². The second-order valence-electron chi connectivity index (χ2n) is 4.77. The van der Waals surface area contributed by atoms with Gasteiger partial charge in [-0.3, -0.25) is 0 Å². The maximum atomic E-state index is 5.43. The van der Waals surface area contributed by atoms with Gasteiger partial charge in [-0.1, -0.05) is 6.92 Å². The number of furan rings is 1. The van der Waals surface area contributed by atoms with E-state index >= 15 is 0 Å². The SMILES string of the molecule is CCCNC(Cc1nccn1CC)c1ccoc1C. The zero-order valence-electron chi connectivity index (χ0n) is 12.0. The molecule has 19 heavy (non-hydrogen) atoms. The third kappa shape index (κ3) is 3.26. The smallest absolute Gasteiger partial charge is 0.110 e. The molecule has 2 aromatic rings. The summed E-state index contributed by atoms with van der Waals surface area (Å²) >= 11 is 0. The molecule has 0 aromatic carbocycles. The van der Waals surface area contributed by atoms with E-state index in [1.807, 2.05) is 19.3 Å². The molecule has 1 N–H and O–H groups in total. The molecule has 0 amide bonds. The van der Waals surface area contributed by atoms with Crippen LogP contribution in [0.2, 0.25) is 0 Å². The molecule has 0 spiro atoms. The van der Waals surface area contributed by atoms with Gasteiger partial charge in [0.05, 0.1) is 6.26 Å². The Bertz CT molecular complexity index is 501. The maximum Gasteiger partial charge on any atom is 0.110 e. The minimum atomic E-state index is 0.270. The second-order valence-corrected chi connectivity index (χ2v) is 4.77. The fourth-order valence-corrected chi connectivity index (χ4v) is 2.37. The molecule has 0 aliphatic heterocycles. The molecule has 1 unspecified atom stereocenters. The van der Waals surface area contributed by atoms with Crippen molar-refractivity contribution in [3.8, 4) is 0 Å². The zero-order valence-corrected chi connectivity index (χ0v) is 12.0. The monoisotopic (exact) mass is 261 g/mol. The van der Waals surface area contributed by atoms with E-state index in [1.54, 1.807) is 6.26 Å². The summed E-state index contributed by atoms with van der Waals surface area (Å²) in [5.74, 6) is 2.11. The molecule has 4 heteroatoms. The van der Waals surface area contributed by atoms with Crippen LogP contribution in [-0.4, -0.2) is 16.1 Å². The molecule has 0 bridgehead atoms. The lowest BCUT2D eigenvalue weighted by molar-refractivity contribution is 0.482. The summed E-state index contributed by atoms with van der Waals surface area (Å²) in [6, 6.07) is 2.33. The van der Waals surface area contributed by atoms with Crippen LogP contribution >= 0.6 is 0 Å². The highest BCUT2D eigenvalue weighted by atomic mass is 16.3. The number of aryl methyl sites for hydroxylation is 2. The molecule has 4 nitrogen and oxygen atoms in total. The number of rotatable bonds is 7. The Labute approximate surface area is 114 Å². The number of nitrogens with one attached hydrogen (secondary N) is 1. The zero-order chi connectivity index (χ0) is 13.7. The van der Waals surface area contributed by atoms with E-state index in [2.05, 4.69) is 34.8 Å². The molecule has 2 aromatic heterocycles. The lowest BCUT2D eigenvalue weighted by Crippen LogP contribution is -2.25. The van der Waals surface area contributed by atoms with Crippen molar-refractivity contribution in [2.45, 2.75) is 46.2 Å². The molecule has 2 rings (SSSR count). The van der Waals surface area contributed by atoms with Crippen molar-refractivity contribution < 1.29 is 4.42 Å². The number of hydrogen-bond donors (Lipinski definition) is 1. The Morgan fingerprint density at radius 1 is 1.42 bits per heavy atom. The minimum absolute atomic E-state index is 0.270. The fourth-order valence-electron chi connectivity index (χ4n) is 2.37. The highest BCUT2D eigenvalue weighted by Crippen LogP contribution is 2.22. The van der Waals surface area contributed by atoms with Gasteiger partial charge in [0, 0.05) is 37.0 Å². The molecule has 0 aliphatic carbocycles. The van der Waals surface area contributed by atoms with E-state index in [9.17, 15) is 0 Å². The number of aromatic nitrogens is 2. The Morgan fingerprint density at radius 3 is 2.89 bits per heavy atom. The number of imidazole rings is 1. The van der Waals surface area contributed by atoms with Gasteiger partial charge >= 0.3 is 0 Å². The first-order valence-corrected chi connectivity index (χ1v) is 7.03. The van der Waals surface area contributed by atoms with Gasteiger partial charge in [-0.2, -0.15) is 0 Å². The first-order chi connectivity index (χ1) is 9.26. The van der Waals surface area contributed by atoms with Crippen molar-refractivity contribution in [1.82, 2.24) is 14.9 Å². The topological polar surface area (TPSA) is 43.0 Å². The van der Waals surface area contributed by atoms with Crippen LogP contribution in [0.5, 0.6) is 0 Å². The number of hydrogen-bond acceptors (Lipinski definition) is 3. The van der Waals surface area contributed by atoms with Crippen LogP contribution in [0.1, 0.15) is 43.5 Å². The summed E-state index contributed by atoms with van der Waals surface area (Å²) in [6.45, 7) is 8.30. The lowest BCUT2D eigenvalue weighted by atomic mass is 10.0. The molecule has 0 saturated heterocycles. The largest absolute Gasteiger partial charge is 0.469 e. The summed E-state index contributed by atoms with van der Waals surface area (Å²) < 4.78 is 7.62. The Kier molecular flexibility index (Phi) is 4.80. The van der Waals surface area contributed by atoms with Crippen LogP contribution in [0.25, 0.3) is 0 Å². The van der Waals surface area contributed by atoms with Crippen LogP contribution in [0.15, 0.2) is 29.1 Å². The molecule has 0 aliphatic rings. The first kappa shape index (κ1) is 13.9. The molecule has 0 fully saturated rings. The van der Waals surface area contributed by atoms with Gasteiger partial charge in [-0.05, 0) is 32.9 Å². The molecule has 1 atom stereocenters. The van der Waals surface area contributed by atoms with Gasteiger partial charge in [-0.15, -0.1) is 0 Å². The number of nitrogens with zero attached hydrogens (tertiary/aromatic N) is 2. The van der Waals surface area contributed by atoms with Gasteiger partial charge in [0.15, 0.2) is 0 Å². The van der Waals surface area contributed by atoms with Crippen LogP contribution in [0, 0.1) is 6.92 Å². The van der Waals surface area contributed by atoms with Gasteiger partial charge in [0.1, 0.15) is 11.6 Å². The molecule has 2 heterocycles. The van der Waals surface area contributed by atoms with Crippen molar-refractivity contribution in [1.29, 1.82) is 0 Å². The van der Waals surface area contributed by atoms with Crippen LogP contribution in [0.3, 0.4) is 0 Å². The quantitative estimate of drug-likeness (QED) is 0.833. The van der Waals surface area contributed by atoms with Crippen molar-refractivity contribution >= 4 is 0 Å². The summed E-state index contributed by atoms with van der Waals surface area (Å²) in [4.78, 5) is 4.47. The summed E-state index contributed by atoms with van der Waals surface area (Å²) in [7, 11) is 0. The van der Waals surface area contributed by atoms with E-state index in [-0.39, 0.29) is 6.04 Å². The van der Waals surface area contributed by atoms with Crippen molar-refractivity contribution in [3.05, 3.63) is 41.9 Å². The highest BCUT2D eigenvalue weighted by Gasteiger charge is 2.17. The molecule has 0 radical (unpaired) electrons. The Morgan fingerprint density at radius 2 is 2.26 bits per heavy atom. The third-order valence-corrected chi connectivity index (χ3v) is 3.44. The molecule has 0 saturated carbocycles. The Hall–Kier alpha value is -1.55. The van der Waals surface area contributed by atoms with E-state index < -0.39 is 0 Å². The van der Waals surface area contributed by atoms with Crippen molar-refractivity contribution in [3.63, 3.8) is 0 Å². The fraction of sp³-hybridized carbons (Fsp3) is 0.533. The average Bonchev–Trinajstić information content (AvgIpc) is 3.03. The minimum Gasteiger partial charge on any atom is -0.469 e. The summed E-state index contributed by atoms with van der Waals surface area (Å²) in [5, 5.41) is 3.59. The average molecular weight is 261 g/mol. The second kappa shape index (κ2) is 6.57. The van der Waals surface area contributed by atoms with Crippen molar-refractivity contribution in [2.24, 2.45) is 0 Å². The van der Waals surface area contributed by atoms with E-state index in [4.69, 9.17) is 4.42 Å². The lowest BCUT2D eigenvalue weighted by Gasteiger charge is -2.18. The summed E-state index contributed by atoms with van der Waals surface area (Å²) in [5.41, 5.74) is 1.24. The van der Waals surface area contributed by atoms with Crippen LogP contribution in [0.4, 0.5) is 0 Å². The van der Waals surface area contributed by atoms with E-state index in [1.165, 1.54) is 5.56 Å². The molecule has 104 valence electrons. The molecular weight excluding hydrogens is 238 g/mol. The van der Waals surface area contributed by atoms with Crippen LogP contribution < -0.4 is 5.32 Å². The third-order valence-electron chi connectivity index (χ3n) is 3.44. The molecular formula is C15H23N3O. The predicted octanol–water partition coefficient (Wildman–Crippen LogP) is 3.09.